The lowest BCUT2D eigenvalue weighted by atomic mass is 10.0. The van der Waals surface area contributed by atoms with Crippen molar-refractivity contribution in [1.82, 2.24) is 0 Å². The van der Waals surface area contributed by atoms with Gasteiger partial charge in [0, 0.05) is 5.69 Å². The number of hydrogen-bond donors (Lipinski definition) is 1. The molecule has 0 bridgehead atoms. The molecule has 122 valence electrons. The topological polar surface area (TPSA) is 46.2 Å². The van der Waals surface area contributed by atoms with Crippen molar-refractivity contribution < 1.29 is 8.42 Å². The minimum absolute atomic E-state index is 0.260. The van der Waals surface area contributed by atoms with Gasteiger partial charge in [-0.15, -0.1) is 0 Å². The van der Waals surface area contributed by atoms with Gasteiger partial charge in [-0.2, -0.15) is 0 Å². The number of rotatable bonds is 4. The largest absolute Gasteiger partial charge is 0.280 e. The zero-order valence-electron chi connectivity index (χ0n) is 13.7. The second-order valence-electron chi connectivity index (χ2n) is 5.87. The summed E-state index contributed by atoms with van der Waals surface area (Å²) in [6, 6.07) is 22.4. The third kappa shape index (κ3) is 3.66. The minimum Gasteiger partial charge on any atom is -0.280 e. The molecule has 3 nitrogen and oxygen atoms in total. The maximum atomic E-state index is 12.4. The summed E-state index contributed by atoms with van der Waals surface area (Å²) in [6.45, 7) is 3.97. The van der Waals surface area contributed by atoms with Crippen molar-refractivity contribution in [3.05, 3.63) is 83.9 Å². The Hall–Kier alpha value is -2.59. The van der Waals surface area contributed by atoms with Crippen LogP contribution in [0.1, 0.15) is 11.1 Å². The third-order valence-corrected chi connectivity index (χ3v) is 5.22. The average molecular weight is 337 g/mol. The van der Waals surface area contributed by atoms with Crippen LogP contribution in [0, 0.1) is 13.8 Å². The van der Waals surface area contributed by atoms with Crippen molar-refractivity contribution in [3.63, 3.8) is 0 Å². The molecule has 0 aliphatic rings. The average Bonchev–Trinajstić information content (AvgIpc) is 2.55. The molecule has 0 spiro atoms. The van der Waals surface area contributed by atoms with Gasteiger partial charge >= 0.3 is 0 Å². The number of sulfonamides is 1. The van der Waals surface area contributed by atoms with Gasteiger partial charge in [-0.25, -0.2) is 8.42 Å². The Labute approximate surface area is 143 Å². The molecule has 0 heterocycles. The Morgan fingerprint density at radius 1 is 0.708 bits per heavy atom. The van der Waals surface area contributed by atoms with Gasteiger partial charge in [-0.3, -0.25) is 4.72 Å². The molecule has 1 N–H and O–H groups in total. The van der Waals surface area contributed by atoms with E-state index in [9.17, 15) is 8.42 Å². The van der Waals surface area contributed by atoms with Crippen molar-refractivity contribution >= 4 is 15.7 Å². The van der Waals surface area contributed by atoms with Crippen LogP contribution in [0.5, 0.6) is 0 Å². The molecule has 0 aliphatic carbocycles. The van der Waals surface area contributed by atoms with Gasteiger partial charge in [0.25, 0.3) is 10.0 Å². The molecule has 24 heavy (non-hydrogen) atoms. The zero-order valence-corrected chi connectivity index (χ0v) is 14.5. The van der Waals surface area contributed by atoms with Crippen molar-refractivity contribution in [3.8, 4) is 11.1 Å². The Morgan fingerprint density at radius 2 is 1.38 bits per heavy atom. The van der Waals surface area contributed by atoms with Crippen LogP contribution in [0.3, 0.4) is 0 Å². The first kappa shape index (κ1) is 16.3. The standard InChI is InChI=1S/C20H19NO2S/c1-15-6-12-20(13-7-15)24(22,23)21-19-10-8-17(9-11-19)18-5-3-4-16(2)14-18/h3-14,21H,1-2H3. The van der Waals surface area contributed by atoms with Gasteiger partial charge < -0.3 is 0 Å². The molecular weight excluding hydrogens is 318 g/mol. The summed E-state index contributed by atoms with van der Waals surface area (Å²) in [7, 11) is -3.56. The summed E-state index contributed by atoms with van der Waals surface area (Å²) in [5.41, 5.74) is 4.93. The van der Waals surface area contributed by atoms with Crippen LogP contribution in [-0.4, -0.2) is 8.42 Å². The SMILES string of the molecule is Cc1ccc(S(=O)(=O)Nc2ccc(-c3cccc(C)c3)cc2)cc1. The first-order valence-electron chi connectivity index (χ1n) is 7.71. The highest BCUT2D eigenvalue weighted by Crippen LogP contribution is 2.23. The van der Waals surface area contributed by atoms with E-state index in [1.807, 2.05) is 44.2 Å². The fraction of sp³-hybridized carbons (Fsp3) is 0.100. The molecule has 0 aromatic heterocycles. The highest BCUT2D eigenvalue weighted by molar-refractivity contribution is 7.92. The predicted octanol–water partition coefficient (Wildman–Crippen LogP) is 4.77. The molecule has 0 aliphatic heterocycles. The number of aryl methyl sites for hydroxylation is 2. The smallest absolute Gasteiger partial charge is 0.261 e. The molecule has 0 saturated heterocycles. The van der Waals surface area contributed by atoms with Gasteiger partial charge in [0.15, 0.2) is 0 Å². The molecule has 4 heteroatoms. The molecule has 0 radical (unpaired) electrons. The Balaban J connectivity index is 1.82. The normalized spacial score (nSPS) is 11.2. The van der Waals surface area contributed by atoms with Gasteiger partial charge in [-0.1, -0.05) is 59.7 Å². The molecule has 3 aromatic rings. The Bertz CT molecular complexity index is 944. The minimum atomic E-state index is -3.56. The Kier molecular flexibility index (Phi) is 4.40. The van der Waals surface area contributed by atoms with E-state index in [-0.39, 0.29) is 4.90 Å². The summed E-state index contributed by atoms with van der Waals surface area (Å²) >= 11 is 0. The number of nitrogens with one attached hydrogen (secondary N) is 1. The lowest BCUT2D eigenvalue weighted by Gasteiger charge is -2.09. The van der Waals surface area contributed by atoms with E-state index in [1.54, 1.807) is 36.4 Å². The quantitative estimate of drug-likeness (QED) is 0.745. The van der Waals surface area contributed by atoms with Crippen molar-refractivity contribution in [2.45, 2.75) is 18.7 Å². The molecule has 0 saturated carbocycles. The first-order chi connectivity index (χ1) is 11.4. The molecule has 3 aromatic carbocycles. The Morgan fingerprint density at radius 3 is 2.00 bits per heavy atom. The van der Waals surface area contributed by atoms with Gasteiger partial charge in [0.05, 0.1) is 4.90 Å². The third-order valence-electron chi connectivity index (χ3n) is 3.82. The van der Waals surface area contributed by atoms with E-state index in [1.165, 1.54) is 5.56 Å². The highest BCUT2D eigenvalue weighted by atomic mass is 32.2. The van der Waals surface area contributed by atoms with Crippen molar-refractivity contribution in [2.75, 3.05) is 4.72 Å². The van der Waals surface area contributed by atoms with Crippen molar-refractivity contribution in [2.24, 2.45) is 0 Å². The van der Waals surface area contributed by atoms with E-state index in [4.69, 9.17) is 0 Å². The predicted molar refractivity (Wildman–Crippen MR) is 98.6 cm³/mol. The molecular formula is C20H19NO2S. The number of hydrogen-bond acceptors (Lipinski definition) is 2. The van der Waals surface area contributed by atoms with E-state index in [0.717, 1.165) is 16.7 Å². The lowest BCUT2D eigenvalue weighted by molar-refractivity contribution is 0.601. The molecule has 3 rings (SSSR count). The van der Waals surface area contributed by atoms with Crippen LogP contribution < -0.4 is 4.72 Å². The first-order valence-corrected chi connectivity index (χ1v) is 9.19. The van der Waals surface area contributed by atoms with Crippen LogP contribution in [0.25, 0.3) is 11.1 Å². The summed E-state index contributed by atoms with van der Waals surface area (Å²) in [5, 5.41) is 0. The molecule has 0 atom stereocenters. The zero-order chi connectivity index (χ0) is 17.2. The molecule has 0 unspecified atom stereocenters. The van der Waals surface area contributed by atoms with E-state index < -0.39 is 10.0 Å². The molecule has 0 fully saturated rings. The van der Waals surface area contributed by atoms with Crippen LogP contribution >= 0.6 is 0 Å². The fourth-order valence-corrected chi connectivity index (χ4v) is 3.55. The second kappa shape index (κ2) is 6.49. The monoisotopic (exact) mass is 337 g/mol. The van der Waals surface area contributed by atoms with Gasteiger partial charge in [0.2, 0.25) is 0 Å². The van der Waals surface area contributed by atoms with Gasteiger partial charge in [-0.05, 0) is 49.2 Å². The number of anilines is 1. The van der Waals surface area contributed by atoms with Crippen LogP contribution in [-0.2, 0) is 10.0 Å². The van der Waals surface area contributed by atoms with E-state index in [2.05, 4.69) is 10.8 Å². The van der Waals surface area contributed by atoms with Crippen molar-refractivity contribution in [1.29, 1.82) is 0 Å². The van der Waals surface area contributed by atoms with E-state index >= 15 is 0 Å². The van der Waals surface area contributed by atoms with Gasteiger partial charge in [0.1, 0.15) is 0 Å². The highest BCUT2D eigenvalue weighted by Gasteiger charge is 2.13. The summed E-state index contributed by atoms with van der Waals surface area (Å²) in [5.74, 6) is 0. The maximum Gasteiger partial charge on any atom is 0.261 e. The summed E-state index contributed by atoms with van der Waals surface area (Å²) in [4.78, 5) is 0.260. The fourth-order valence-electron chi connectivity index (χ4n) is 2.49. The van der Waals surface area contributed by atoms with Crippen LogP contribution in [0.15, 0.2) is 77.7 Å². The van der Waals surface area contributed by atoms with E-state index in [0.29, 0.717) is 5.69 Å². The second-order valence-corrected chi connectivity index (χ2v) is 7.55. The summed E-state index contributed by atoms with van der Waals surface area (Å²) in [6.07, 6.45) is 0. The van der Waals surface area contributed by atoms with Crippen LogP contribution in [0.4, 0.5) is 5.69 Å². The molecule has 0 amide bonds. The number of benzene rings is 3. The lowest BCUT2D eigenvalue weighted by Crippen LogP contribution is -2.12. The summed E-state index contributed by atoms with van der Waals surface area (Å²) < 4.78 is 27.4. The maximum absolute atomic E-state index is 12.4. The van der Waals surface area contributed by atoms with Crippen LogP contribution in [0.2, 0.25) is 0 Å².